The standard InChI is InChI=1S/C17H20N2OS/c1-10-8-11(2)14-12(9-10)13-15(21-16(18)19-13)17(20-14)6-4-3-5-7-17/h8-9H,3-7H2,1-2H3,(H2,18,19). The number of nitrogens with two attached hydrogens (primary N) is 1. The van der Waals surface area contributed by atoms with Gasteiger partial charge in [-0.2, -0.15) is 0 Å². The molecule has 2 aliphatic rings. The van der Waals surface area contributed by atoms with Gasteiger partial charge in [0.2, 0.25) is 0 Å². The Morgan fingerprint density at radius 1 is 1.19 bits per heavy atom. The molecule has 2 heterocycles. The minimum Gasteiger partial charge on any atom is -0.481 e. The lowest BCUT2D eigenvalue weighted by atomic mass is 9.80. The molecule has 3 nitrogen and oxygen atoms in total. The van der Waals surface area contributed by atoms with Crippen LogP contribution in [0.5, 0.6) is 5.75 Å². The molecule has 21 heavy (non-hydrogen) atoms. The summed E-state index contributed by atoms with van der Waals surface area (Å²) in [6.07, 6.45) is 5.90. The topological polar surface area (TPSA) is 48.1 Å². The first kappa shape index (κ1) is 13.1. The molecule has 4 heteroatoms. The normalized spacial score (nSPS) is 19.0. The van der Waals surface area contributed by atoms with Crippen molar-refractivity contribution in [2.24, 2.45) is 0 Å². The predicted molar refractivity (Wildman–Crippen MR) is 86.8 cm³/mol. The van der Waals surface area contributed by atoms with Crippen LogP contribution in [0.1, 0.15) is 48.1 Å². The first-order valence-corrected chi connectivity index (χ1v) is 8.48. The van der Waals surface area contributed by atoms with Crippen molar-refractivity contribution in [1.82, 2.24) is 4.98 Å². The van der Waals surface area contributed by atoms with Gasteiger partial charge < -0.3 is 10.5 Å². The number of ether oxygens (including phenoxy) is 1. The number of rotatable bonds is 0. The van der Waals surface area contributed by atoms with E-state index in [0.717, 1.165) is 29.8 Å². The summed E-state index contributed by atoms with van der Waals surface area (Å²) in [5, 5.41) is 0.653. The van der Waals surface area contributed by atoms with Gasteiger partial charge >= 0.3 is 0 Å². The Morgan fingerprint density at radius 3 is 2.71 bits per heavy atom. The predicted octanol–water partition coefficient (Wildman–Crippen LogP) is 4.56. The number of nitrogens with zero attached hydrogens (tertiary/aromatic N) is 1. The van der Waals surface area contributed by atoms with Gasteiger partial charge in [0.05, 0.1) is 10.6 Å². The fourth-order valence-corrected chi connectivity index (χ4v) is 4.82. The third kappa shape index (κ3) is 1.89. The van der Waals surface area contributed by atoms with E-state index in [4.69, 9.17) is 10.5 Å². The molecular weight excluding hydrogens is 280 g/mol. The van der Waals surface area contributed by atoms with Crippen molar-refractivity contribution in [3.63, 3.8) is 0 Å². The summed E-state index contributed by atoms with van der Waals surface area (Å²) in [6.45, 7) is 4.25. The summed E-state index contributed by atoms with van der Waals surface area (Å²) in [7, 11) is 0. The SMILES string of the molecule is Cc1cc(C)c2c(c1)-c1nc(N)sc1C1(CCCCC1)O2. The monoisotopic (exact) mass is 300 g/mol. The molecule has 0 saturated heterocycles. The molecule has 0 bridgehead atoms. The number of fused-ring (bicyclic) bond motifs is 4. The van der Waals surface area contributed by atoms with Gasteiger partial charge in [-0.15, -0.1) is 0 Å². The van der Waals surface area contributed by atoms with Crippen LogP contribution in [0.15, 0.2) is 12.1 Å². The third-order valence-electron chi connectivity index (χ3n) is 4.69. The second kappa shape index (κ2) is 4.47. The first-order chi connectivity index (χ1) is 10.1. The maximum absolute atomic E-state index is 6.60. The van der Waals surface area contributed by atoms with Gasteiger partial charge in [-0.25, -0.2) is 4.98 Å². The molecular formula is C17H20N2OS. The minimum absolute atomic E-state index is 0.185. The average molecular weight is 300 g/mol. The molecule has 1 spiro atoms. The van der Waals surface area contributed by atoms with Crippen molar-refractivity contribution in [3.8, 4) is 17.0 Å². The first-order valence-electron chi connectivity index (χ1n) is 7.66. The van der Waals surface area contributed by atoms with Gasteiger partial charge in [-0.3, -0.25) is 0 Å². The number of hydrogen-bond donors (Lipinski definition) is 1. The highest BCUT2D eigenvalue weighted by Gasteiger charge is 2.44. The highest BCUT2D eigenvalue weighted by molar-refractivity contribution is 7.16. The molecule has 1 fully saturated rings. The highest BCUT2D eigenvalue weighted by Crippen LogP contribution is 2.54. The zero-order valence-corrected chi connectivity index (χ0v) is 13.3. The van der Waals surface area contributed by atoms with Crippen LogP contribution >= 0.6 is 11.3 Å². The molecule has 4 rings (SSSR count). The fraction of sp³-hybridized carbons (Fsp3) is 0.471. The lowest BCUT2D eigenvalue weighted by Gasteiger charge is -2.41. The molecule has 2 aromatic rings. The van der Waals surface area contributed by atoms with Gasteiger partial charge in [-0.05, 0) is 56.7 Å². The molecule has 1 aromatic carbocycles. The third-order valence-corrected chi connectivity index (χ3v) is 5.76. The minimum atomic E-state index is -0.185. The van der Waals surface area contributed by atoms with Crippen LogP contribution in [0.3, 0.4) is 0 Å². The highest BCUT2D eigenvalue weighted by atomic mass is 32.1. The van der Waals surface area contributed by atoms with Gasteiger partial charge in [0.15, 0.2) is 5.13 Å². The second-order valence-electron chi connectivity index (χ2n) is 6.35. The molecule has 110 valence electrons. The van der Waals surface area contributed by atoms with Crippen molar-refractivity contribution in [2.75, 3.05) is 5.73 Å². The van der Waals surface area contributed by atoms with Crippen LogP contribution in [0.4, 0.5) is 5.13 Å². The Hall–Kier alpha value is -1.55. The van der Waals surface area contributed by atoms with E-state index in [2.05, 4.69) is 31.0 Å². The van der Waals surface area contributed by atoms with Crippen molar-refractivity contribution in [1.29, 1.82) is 0 Å². The van der Waals surface area contributed by atoms with E-state index in [-0.39, 0.29) is 5.60 Å². The maximum atomic E-state index is 6.60. The Bertz CT molecular complexity index is 714. The van der Waals surface area contributed by atoms with Crippen molar-refractivity contribution in [2.45, 2.75) is 51.6 Å². The van der Waals surface area contributed by atoms with E-state index in [1.54, 1.807) is 11.3 Å². The zero-order chi connectivity index (χ0) is 14.6. The van der Waals surface area contributed by atoms with E-state index in [1.165, 1.54) is 35.3 Å². The smallest absolute Gasteiger partial charge is 0.180 e. The molecule has 2 N–H and O–H groups in total. The van der Waals surface area contributed by atoms with Gasteiger partial charge in [0.1, 0.15) is 11.4 Å². The van der Waals surface area contributed by atoms with Crippen molar-refractivity contribution in [3.05, 3.63) is 28.1 Å². The summed E-state index contributed by atoms with van der Waals surface area (Å²) < 4.78 is 6.60. The molecule has 0 radical (unpaired) electrons. The van der Waals surface area contributed by atoms with Crippen molar-refractivity contribution < 1.29 is 4.74 Å². The Morgan fingerprint density at radius 2 is 1.95 bits per heavy atom. The largest absolute Gasteiger partial charge is 0.481 e. The molecule has 1 saturated carbocycles. The molecule has 0 atom stereocenters. The van der Waals surface area contributed by atoms with Crippen molar-refractivity contribution >= 4 is 16.5 Å². The lowest BCUT2D eigenvalue weighted by molar-refractivity contribution is 0.0266. The fourth-order valence-electron chi connectivity index (χ4n) is 3.79. The van der Waals surface area contributed by atoms with Gasteiger partial charge in [0, 0.05) is 5.56 Å². The molecule has 0 unspecified atom stereocenters. The number of hydrogen-bond acceptors (Lipinski definition) is 4. The number of anilines is 1. The van der Waals surface area contributed by atoms with E-state index < -0.39 is 0 Å². The van der Waals surface area contributed by atoms with Gasteiger partial charge in [-0.1, -0.05) is 23.8 Å². The van der Waals surface area contributed by atoms with Crippen LogP contribution < -0.4 is 10.5 Å². The van der Waals surface area contributed by atoms with Crippen LogP contribution in [0, 0.1) is 13.8 Å². The van der Waals surface area contributed by atoms with Crippen LogP contribution in [0.2, 0.25) is 0 Å². The van der Waals surface area contributed by atoms with E-state index in [0.29, 0.717) is 5.13 Å². The Balaban J connectivity index is 1.98. The maximum Gasteiger partial charge on any atom is 0.180 e. The Labute approximate surface area is 129 Å². The van der Waals surface area contributed by atoms with Crippen LogP contribution in [-0.2, 0) is 5.60 Å². The molecule has 1 aliphatic carbocycles. The molecule has 1 aromatic heterocycles. The van der Waals surface area contributed by atoms with E-state index in [9.17, 15) is 0 Å². The van der Waals surface area contributed by atoms with Crippen LogP contribution in [-0.4, -0.2) is 4.98 Å². The number of benzene rings is 1. The summed E-state index contributed by atoms with van der Waals surface area (Å²) in [5.41, 5.74) is 10.5. The summed E-state index contributed by atoms with van der Waals surface area (Å²) in [4.78, 5) is 5.89. The lowest BCUT2D eigenvalue weighted by Crippen LogP contribution is -2.37. The zero-order valence-electron chi connectivity index (χ0n) is 12.5. The second-order valence-corrected chi connectivity index (χ2v) is 7.38. The van der Waals surface area contributed by atoms with Crippen LogP contribution in [0.25, 0.3) is 11.3 Å². The van der Waals surface area contributed by atoms with Gasteiger partial charge in [0.25, 0.3) is 0 Å². The van der Waals surface area contributed by atoms with E-state index in [1.807, 2.05) is 0 Å². The number of nitrogen functional groups attached to an aromatic ring is 1. The van der Waals surface area contributed by atoms with E-state index >= 15 is 0 Å². The molecule has 0 amide bonds. The quantitative estimate of drug-likeness (QED) is 0.776. The number of thiazole rings is 1. The summed E-state index contributed by atoms with van der Waals surface area (Å²) in [6, 6.07) is 4.37. The average Bonchev–Trinajstić information content (AvgIpc) is 2.85. The summed E-state index contributed by atoms with van der Waals surface area (Å²) >= 11 is 1.61. The number of aromatic nitrogens is 1. The molecule has 1 aliphatic heterocycles. The Kier molecular flexibility index (Phi) is 2.80. The summed E-state index contributed by atoms with van der Waals surface area (Å²) in [5.74, 6) is 1.01. The number of aryl methyl sites for hydroxylation is 2.